The van der Waals surface area contributed by atoms with E-state index < -0.39 is 0 Å². The van der Waals surface area contributed by atoms with Crippen molar-refractivity contribution in [2.24, 2.45) is 5.73 Å². The normalized spacial score (nSPS) is 12.0. The zero-order valence-corrected chi connectivity index (χ0v) is 10.4. The number of hydrogen-bond acceptors (Lipinski definition) is 5. The summed E-state index contributed by atoms with van der Waals surface area (Å²) in [6.07, 6.45) is 0. The highest BCUT2D eigenvalue weighted by atomic mass is 16.5. The quantitative estimate of drug-likeness (QED) is 0.773. The van der Waals surface area contributed by atoms with Crippen LogP contribution in [0.4, 0.5) is 0 Å². The Morgan fingerprint density at radius 1 is 1.06 bits per heavy atom. The van der Waals surface area contributed by atoms with Crippen LogP contribution in [0.2, 0.25) is 0 Å². The van der Waals surface area contributed by atoms with Crippen LogP contribution in [0.15, 0.2) is 18.2 Å². The molecule has 0 amide bonds. The lowest BCUT2D eigenvalue weighted by Crippen LogP contribution is -2.32. The molecular weight excluding hydrogens is 222 g/mol. The zero-order chi connectivity index (χ0) is 12.7. The van der Waals surface area contributed by atoms with Crippen LogP contribution in [0.3, 0.4) is 0 Å². The number of benzene rings is 1. The van der Waals surface area contributed by atoms with Crippen LogP contribution in [0, 0.1) is 0 Å². The molecule has 0 aliphatic heterocycles. The van der Waals surface area contributed by atoms with Crippen LogP contribution in [-0.4, -0.2) is 40.6 Å². The number of rotatable bonds is 7. The first-order valence-corrected chi connectivity index (χ1v) is 5.31. The number of nitrogens with two attached hydrogens (primary N) is 1. The molecule has 0 saturated carbocycles. The largest absolute Gasteiger partial charge is 0.493 e. The van der Waals surface area contributed by atoms with Gasteiger partial charge < -0.3 is 24.7 Å². The Morgan fingerprint density at radius 2 is 1.65 bits per heavy atom. The van der Waals surface area contributed by atoms with E-state index in [2.05, 4.69) is 0 Å². The third-order valence-corrected chi connectivity index (χ3v) is 2.21. The van der Waals surface area contributed by atoms with E-state index in [0.717, 1.165) is 0 Å². The van der Waals surface area contributed by atoms with E-state index in [9.17, 15) is 0 Å². The third-order valence-electron chi connectivity index (χ3n) is 2.21. The first-order valence-electron chi connectivity index (χ1n) is 5.31. The van der Waals surface area contributed by atoms with Crippen molar-refractivity contribution in [3.63, 3.8) is 0 Å². The maximum atomic E-state index is 5.78. The summed E-state index contributed by atoms with van der Waals surface area (Å²) in [7, 11) is 4.76. The number of para-hydroxylation sites is 1. The van der Waals surface area contributed by atoms with Crippen molar-refractivity contribution in [3.8, 4) is 17.2 Å². The molecule has 5 heteroatoms. The molecule has 2 N–H and O–H groups in total. The number of ether oxygens (including phenoxy) is 4. The van der Waals surface area contributed by atoms with E-state index in [4.69, 9.17) is 24.7 Å². The molecule has 0 fully saturated rings. The summed E-state index contributed by atoms with van der Waals surface area (Å²) in [6, 6.07) is 5.26. The molecular formula is C12H19NO4. The topological polar surface area (TPSA) is 62.9 Å². The van der Waals surface area contributed by atoms with Crippen LogP contribution in [0.25, 0.3) is 0 Å². The number of hydrogen-bond donors (Lipinski definition) is 1. The Bertz CT molecular complexity index is 321. The third kappa shape index (κ3) is 3.80. The van der Waals surface area contributed by atoms with Crippen molar-refractivity contribution in [2.45, 2.75) is 6.04 Å². The van der Waals surface area contributed by atoms with Gasteiger partial charge in [0, 0.05) is 7.11 Å². The van der Waals surface area contributed by atoms with Gasteiger partial charge >= 0.3 is 0 Å². The minimum Gasteiger partial charge on any atom is -0.493 e. The van der Waals surface area contributed by atoms with E-state index in [0.29, 0.717) is 30.5 Å². The highest BCUT2D eigenvalue weighted by Crippen LogP contribution is 2.36. The molecule has 96 valence electrons. The molecule has 0 radical (unpaired) electrons. The van der Waals surface area contributed by atoms with E-state index >= 15 is 0 Å². The SMILES string of the molecule is COCC(N)COc1c(OC)cccc1OC. The van der Waals surface area contributed by atoms with Gasteiger partial charge in [0.15, 0.2) is 11.5 Å². The van der Waals surface area contributed by atoms with Gasteiger partial charge in [-0.15, -0.1) is 0 Å². The highest BCUT2D eigenvalue weighted by Gasteiger charge is 2.12. The van der Waals surface area contributed by atoms with Crippen LogP contribution >= 0.6 is 0 Å². The summed E-state index contributed by atoms with van der Waals surface area (Å²) < 4.78 is 21.0. The molecule has 1 aromatic carbocycles. The lowest BCUT2D eigenvalue weighted by molar-refractivity contribution is 0.149. The summed E-state index contributed by atoms with van der Waals surface area (Å²) in [5, 5.41) is 0. The van der Waals surface area contributed by atoms with Crippen molar-refractivity contribution in [3.05, 3.63) is 18.2 Å². The second kappa shape index (κ2) is 6.98. The van der Waals surface area contributed by atoms with E-state index in [1.54, 1.807) is 33.5 Å². The summed E-state index contributed by atoms with van der Waals surface area (Å²) >= 11 is 0. The average molecular weight is 241 g/mol. The molecule has 1 unspecified atom stereocenters. The molecule has 0 heterocycles. The monoisotopic (exact) mass is 241 g/mol. The van der Waals surface area contributed by atoms with Crippen LogP contribution in [0.1, 0.15) is 0 Å². The summed E-state index contributed by atoms with van der Waals surface area (Å²) in [5.74, 6) is 1.80. The fourth-order valence-corrected chi connectivity index (χ4v) is 1.41. The molecule has 5 nitrogen and oxygen atoms in total. The molecule has 0 aromatic heterocycles. The fraction of sp³-hybridized carbons (Fsp3) is 0.500. The lowest BCUT2D eigenvalue weighted by Gasteiger charge is -2.16. The number of methoxy groups -OCH3 is 3. The first-order chi connectivity index (χ1) is 8.22. The predicted molar refractivity (Wildman–Crippen MR) is 64.9 cm³/mol. The molecule has 0 aliphatic rings. The van der Waals surface area contributed by atoms with Gasteiger partial charge in [0.1, 0.15) is 6.61 Å². The molecule has 1 atom stereocenters. The minimum absolute atomic E-state index is 0.186. The maximum Gasteiger partial charge on any atom is 0.203 e. The summed E-state index contributed by atoms with van der Waals surface area (Å²) in [6.45, 7) is 0.780. The lowest BCUT2D eigenvalue weighted by atomic mass is 10.3. The van der Waals surface area contributed by atoms with Crippen LogP contribution in [0.5, 0.6) is 17.2 Å². The molecule has 1 aromatic rings. The van der Waals surface area contributed by atoms with Gasteiger partial charge in [-0.3, -0.25) is 0 Å². The van der Waals surface area contributed by atoms with Crippen molar-refractivity contribution in [1.29, 1.82) is 0 Å². The van der Waals surface area contributed by atoms with Gasteiger partial charge in [0.2, 0.25) is 5.75 Å². The van der Waals surface area contributed by atoms with Crippen LogP contribution < -0.4 is 19.9 Å². The predicted octanol–water partition coefficient (Wildman–Crippen LogP) is 1.06. The van der Waals surface area contributed by atoms with Gasteiger partial charge in [-0.25, -0.2) is 0 Å². The Hall–Kier alpha value is -1.46. The Kier molecular flexibility index (Phi) is 5.59. The molecule has 0 spiro atoms. The molecule has 1 rings (SSSR count). The van der Waals surface area contributed by atoms with Crippen molar-refractivity contribution < 1.29 is 18.9 Å². The standard InChI is InChI=1S/C12H19NO4/c1-14-7-9(13)8-17-12-10(15-2)5-4-6-11(12)16-3/h4-6,9H,7-8,13H2,1-3H3. The smallest absolute Gasteiger partial charge is 0.203 e. The zero-order valence-electron chi connectivity index (χ0n) is 10.4. The Balaban J connectivity index is 2.74. The first kappa shape index (κ1) is 13.6. The van der Waals surface area contributed by atoms with Crippen molar-refractivity contribution in [1.82, 2.24) is 0 Å². The maximum absolute atomic E-state index is 5.78. The molecule has 0 saturated heterocycles. The molecule has 17 heavy (non-hydrogen) atoms. The second-order valence-corrected chi connectivity index (χ2v) is 3.52. The van der Waals surface area contributed by atoms with E-state index in [1.807, 2.05) is 6.07 Å². The van der Waals surface area contributed by atoms with Gasteiger partial charge in [0.25, 0.3) is 0 Å². The van der Waals surface area contributed by atoms with Crippen molar-refractivity contribution >= 4 is 0 Å². The fourth-order valence-electron chi connectivity index (χ4n) is 1.41. The van der Waals surface area contributed by atoms with Crippen molar-refractivity contribution in [2.75, 3.05) is 34.5 Å². The average Bonchev–Trinajstić information content (AvgIpc) is 2.36. The van der Waals surface area contributed by atoms with Gasteiger partial charge in [-0.05, 0) is 12.1 Å². The Morgan fingerprint density at radius 3 is 2.12 bits per heavy atom. The molecule has 0 aliphatic carbocycles. The van der Waals surface area contributed by atoms with Gasteiger partial charge in [-0.2, -0.15) is 0 Å². The highest BCUT2D eigenvalue weighted by molar-refractivity contribution is 5.51. The second-order valence-electron chi connectivity index (χ2n) is 3.52. The summed E-state index contributed by atoms with van der Waals surface area (Å²) in [4.78, 5) is 0. The summed E-state index contributed by atoms with van der Waals surface area (Å²) in [5.41, 5.74) is 5.78. The van der Waals surface area contributed by atoms with Crippen LogP contribution in [-0.2, 0) is 4.74 Å². The van der Waals surface area contributed by atoms with E-state index in [-0.39, 0.29) is 6.04 Å². The Labute approximate surface area is 101 Å². The van der Waals surface area contributed by atoms with E-state index in [1.165, 1.54) is 0 Å². The van der Waals surface area contributed by atoms with Gasteiger partial charge in [-0.1, -0.05) is 6.07 Å². The van der Waals surface area contributed by atoms with Gasteiger partial charge in [0.05, 0.1) is 26.9 Å². The minimum atomic E-state index is -0.186. The molecule has 0 bridgehead atoms.